The first-order valence-electron chi connectivity index (χ1n) is 9.30. The fraction of sp³-hybridized carbons (Fsp3) is 0.611. The second-order valence-corrected chi connectivity index (χ2v) is 6.85. The van der Waals surface area contributed by atoms with Crippen molar-refractivity contribution in [1.29, 1.82) is 0 Å². The van der Waals surface area contributed by atoms with Gasteiger partial charge in [0.05, 0.1) is 32.0 Å². The first-order valence-corrected chi connectivity index (χ1v) is 9.30. The molecular weight excluding hydrogens is 332 g/mol. The standard InChI is InChI=1S/C18H26N6O2/c1-25-17-7-3-2-6-16(17)23-10-8-22(9-11-23)14-18-19-20-21-24(18)13-15-5-4-12-26-15/h2-3,6-7,15H,4-5,8-14H2,1H3. The zero-order valence-electron chi connectivity index (χ0n) is 15.3. The van der Waals surface area contributed by atoms with Gasteiger partial charge in [-0.15, -0.1) is 5.10 Å². The molecule has 0 bridgehead atoms. The van der Waals surface area contributed by atoms with Gasteiger partial charge in [0.15, 0.2) is 5.82 Å². The van der Waals surface area contributed by atoms with Crippen LogP contribution in [0.1, 0.15) is 18.7 Å². The van der Waals surface area contributed by atoms with E-state index >= 15 is 0 Å². The highest BCUT2D eigenvalue weighted by Crippen LogP contribution is 2.28. The van der Waals surface area contributed by atoms with Gasteiger partial charge in [-0.05, 0) is 35.4 Å². The van der Waals surface area contributed by atoms with Crippen molar-refractivity contribution in [2.45, 2.75) is 32.0 Å². The van der Waals surface area contributed by atoms with Crippen molar-refractivity contribution in [2.24, 2.45) is 0 Å². The molecule has 4 rings (SSSR count). The third-order valence-corrected chi connectivity index (χ3v) is 5.17. The molecule has 2 aliphatic heterocycles. The Kier molecular flexibility index (Phi) is 5.31. The number of benzene rings is 1. The Hall–Kier alpha value is -2.19. The predicted molar refractivity (Wildman–Crippen MR) is 97.3 cm³/mol. The van der Waals surface area contributed by atoms with Gasteiger partial charge < -0.3 is 14.4 Å². The van der Waals surface area contributed by atoms with Crippen LogP contribution >= 0.6 is 0 Å². The van der Waals surface area contributed by atoms with E-state index in [1.165, 1.54) is 0 Å². The van der Waals surface area contributed by atoms with E-state index in [9.17, 15) is 0 Å². The lowest BCUT2D eigenvalue weighted by Gasteiger charge is -2.36. The summed E-state index contributed by atoms with van der Waals surface area (Å²) in [5.74, 6) is 1.85. The smallest absolute Gasteiger partial charge is 0.165 e. The van der Waals surface area contributed by atoms with E-state index in [1.807, 2.05) is 16.8 Å². The van der Waals surface area contributed by atoms with Gasteiger partial charge in [-0.1, -0.05) is 12.1 Å². The molecule has 0 saturated carbocycles. The summed E-state index contributed by atoms with van der Waals surface area (Å²) in [4.78, 5) is 4.79. The van der Waals surface area contributed by atoms with Gasteiger partial charge in [-0.2, -0.15) is 0 Å². The lowest BCUT2D eigenvalue weighted by Crippen LogP contribution is -2.46. The summed E-state index contributed by atoms with van der Waals surface area (Å²) in [5.41, 5.74) is 1.16. The summed E-state index contributed by atoms with van der Waals surface area (Å²) >= 11 is 0. The van der Waals surface area contributed by atoms with E-state index in [4.69, 9.17) is 9.47 Å². The van der Waals surface area contributed by atoms with Crippen LogP contribution in [0.25, 0.3) is 0 Å². The van der Waals surface area contributed by atoms with E-state index in [0.29, 0.717) is 0 Å². The van der Waals surface area contributed by atoms with E-state index in [0.717, 1.165) is 76.0 Å². The van der Waals surface area contributed by atoms with Gasteiger partial charge in [0.1, 0.15) is 5.75 Å². The van der Waals surface area contributed by atoms with Gasteiger partial charge in [0, 0.05) is 32.8 Å². The zero-order chi connectivity index (χ0) is 17.8. The maximum Gasteiger partial charge on any atom is 0.165 e. The lowest BCUT2D eigenvalue weighted by atomic mass is 10.2. The highest BCUT2D eigenvalue weighted by molar-refractivity contribution is 5.58. The van der Waals surface area contributed by atoms with Gasteiger partial charge >= 0.3 is 0 Å². The van der Waals surface area contributed by atoms with Crippen molar-refractivity contribution in [3.8, 4) is 5.75 Å². The summed E-state index contributed by atoms with van der Waals surface area (Å²) in [7, 11) is 1.73. The van der Waals surface area contributed by atoms with E-state index in [-0.39, 0.29) is 6.10 Å². The Bertz CT molecular complexity index is 707. The van der Waals surface area contributed by atoms with Crippen LogP contribution in [0.2, 0.25) is 0 Å². The molecule has 1 aromatic heterocycles. The number of piperazine rings is 1. The van der Waals surface area contributed by atoms with Gasteiger partial charge in [0.25, 0.3) is 0 Å². The van der Waals surface area contributed by atoms with Crippen LogP contribution in [0, 0.1) is 0 Å². The number of tetrazole rings is 1. The monoisotopic (exact) mass is 358 g/mol. The van der Waals surface area contributed by atoms with Crippen LogP contribution in [-0.2, 0) is 17.8 Å². The molecule has 1 unspecified atom stereocenters. The van der Waals surface area contributed by atoms with Crippen molar-refractivity contribution >= 4 is 5.69 Å². The molecule has 8 nitrogen and oxygen atoms in total. The number of aromatic nitrogens is 4. The summed E-state index contributed by atoms with van der Waals surface area (Å²) in [6, 6.07) is 8.20. The third-order valence-electron chi connectivity index (χ3n) is 5.17. The van der Waals surface area contributed by atoms with Gasteiger partial charge in [0.2, 0.25) is 0 Å². The van der Waals surface area contributed by atoms with Crippen LogP contribution in [0.3, 0.4) is 0 Å². The van der Waals surface area contributed by atoms with Crippen LogP contribution in [-0.4, -0.2) is 71.1 Å². The SMILES string of the molecule is COc1ccccc1N1CCN(Cc2nnnn2CC2CCCO2)CC1. The Balaban J connectivity index is 1.34. The molecule has 0 N–H and O–H groups in total. The minimum Gasteiger partial charge on any atom is -0.495 e. The second-order valence-electron chi connectivity index (χ2n) is 6.85. The molecule has 2 aromatic rings. The first kappa shape index (κ1) is 17.2. The fourth-order valence-corrected chi connectivity index (χ4v) is 3.70. The molecule has 0 amide bonds. The number of para-hydroxylation sites is 2. The molecule has 0 spiro atoms. The molecule has 2 aliphatic rings. The molecule has 26 heavy (non-hydrogen) atoms. The molecule has 140 valence electrons. The molecular formula is C18H26N6O2. The van der Waals surface area contributed by atoms with Crippen molar-refractivity contribution in [3.05, 3.63) is 30.1 Å². The second kappa shape index (κ2) is 8.01. The van der Waals surface area contributed by atoms with Gasteiger partial charge in [-0.3, -0.25) is 4.90 Å². The third kappa shape index (κ3) is 3.81. The number of hydrogen-bond acceptors (Lipinski definition) is 7. The maximum absolute atomic E-state index is 5.71. The molecule has 2 saturated heterocycles. The lowest BCUT2D eigenvalue weighted by molar-refractivity contribution is 0.0916. The highest BCUT2D eigenvalue weighted by atomic mass is 16.5. The highest BCUT2D eigenvalue weighted by Gasteiger charge is 2.23. The topological polar surface area (TPSA) is 68.5 Å². The van der Waals surface area contributed by atoms with E-state index in [1.54, 1.807) is 7.11 Å². The first-order chi connectivity index (χ1) is 12.8. The van der Waals surface area contributed by atoms with Crippen LogP contribution in [0.15, 0.2) is 24.3 Å². The normalized spacial score (nSPS) is 21.3. The molecule has 1 atom stereocenters. The molecule has 1 aromatic carbocycles. The molecule has 2 fully saturated rings. The quantitative estimate of drug-likeness (QED) is 0.768. The Morgan fingerprint density at radius 2 is 2.04 bits per heavy atom. The van der Waals surface area contributed by atoms with E-state index < -0.39 is 0 Å². The van der Waals surface area contributed by atoms with Crippen LogP contribution < -0.4 is 9.64 Å². The minimum atomic E-state index is 0.250. The fourth-order valence-electron chi connectivity index (χ4n) is 3.70. The Morgan fingerprint density at radius 3 is 2.81 bits per heavy atom. The van der Waals surface area contributed by atoms with Crippen molar-refractivity contribution in [3.63, 3.8) is 0 Å². The van der Waals surface area contributed by atoms with Crippen molar-refractivity contribution in [2.75, 3.05) is 44.8 Å². The van der Waals surface area contributed by atoms with Crippen molar-refractivity contribution in [1.82, 2.24) is 25.1 Å². The Morgan fingerprint density at radius 1 is 1.19 bits per heavy atom. The molecule has 0 aliphatic carbocycles. The predicted octanol–water partition coefficient (Wildman–Crippen LogP) is 1.18. The molecule has 0 radical (unpaired) electrons. The summed E-state index contributed by atoms with van der Waals surface area (Å²) in [5, 5.41) is 12.2. The molecule has 8 heteroatoms. The van der Waals surface area contributed by atoms with E-state index in [2.05, 4.69) is 37.5 Å². The number of anilines is 1. The summed E-state index contributed by atoms with van der Waals surface area (Å²) in [6.45, 7) is 6.27. The number of rotatable bonds is 6. The number of nitrogens with zero attached hydrogens (tertiary/aromatic N) is 6. The minimum absolute atomic E-state index is 0.250. The largest absolute Gasteiger partial charge is 0.495 e. The molecule has 3 heterocycles. The number of hydrogen-bond donors (Lipinski definition) is 0. The number of methoxy groups -OCH3 is 1. The Labute approximate surface area is 153 Å². The van der Waals surface area contributed by atoms with Crippen molar-refractivity contribution < 1.29 is 9.47 Å². The maximum atomic E-state index is 5.71. The number of ether oxygens (including phenoxy) is 2. The summed E-state index contributed by atoms with van der Waals surface area (Å²) in [6.07, 6.45) is 2.48. The zero-order valence-corrected chi connectivity index (χ0v) is 15.3. The van der Waals surface area contributed by atoms with Gasteiger partial charge in [-0.25, -0.2) is 4.68 Å². The summed E-state index contributed by atoms with van der Waals surface area (Å²) < 4.78 is 13.1. The van der Waals surface area contributed by atoms with Crippen LogP contribution in [0.5, 0.6) is 5.75 Å². The average molecular weight is 358 g/mol. The van der Waals surface area contributed by atoms with Crippen LogP contribution in [0.4, 0.5) is 5.69 Å². The average Bonchev–Trinajstić information content (AvgIpc) is 3.35.